The third kappa shape index (κ3) is 3.26. The van der Waals surface area contributed by atoms with Crippen LogP contribution in [0.15, 0.2) is 52.1 Å². The van der Waals surface area contributed by atoms with Crippen LogP contribution in [0.5, 0.6) is 11.5 Å². The van der Waals surface area contributed by atoms with E-state index in [1.165, 1.54) is 0 Å². The Bertz CT molecular complexity index is 609. The maximum atomic E-state index is 8.78. The predicted octanol–water partition coefficient (Wildman–Crippen LogP) is 3.64. The maximum absolute atomic E-state index is 8.78. The number of ether oxygens (including phenoxy) is 1. The van der Waals surface area contributed by atoms with Crippen LogP contribution in [0.25, 0.3) is 0 Å². The second-order valence-electron chi connectivity index (χ2n) is 4.04. The summed E-state index contributed by atoms with van der Waals surface area (Å²) in [5, 5.41) is 11.8. The zero-order valence-corrected chi connectivity index (χ0v) is 11.9. The van der Waals surface area contributed by atoms with Gasteiger partial charge in [0.1, 0.15) is 11.5 Å². The van der Waals surface area contributed by atoms with E-state index in [-0.39, 0.29) is 5.84 Å². The molecule has 5 heteroatoms. The molecule has 0 bridgehead atoms. The summed E-state index contributed by atoms with van der Waals surface area (Å²) in [6.07, 6.45) is 0. The molecule has 19 heavy (non-hydrogen) atoms. The van der Waals surface area contributed by atoms with E-state index >= 15 is 0 Å². The second-order valence-corrected chi connectivity index (χ2v) is 4.96. The van der Waals surface area contributed by atoms with Gasteiger partial charge in [0.15, 0.2) is 5.84 Å². The van der Waals surface area contributed by atoms with Gasteiger partial charge in [0, 0.05) is 4.47 Å². The van der Waals surface area contributed by atoms with Crippen molar-refractivity contribution in [3.8, 4) is 11.5 Å². The molecule has 2 aromatic rings. The van der Waals surface area contributed by atoms with Crippen molar-refractivity contribution in [1.82, 2.24) is 0 Å². The van der Waals surface area contributed by atoms with Crippen molar-refractivity contribution >= 4 is 21.8 Å². The van der Waals surface area contributed by atoms with Gasteiger partial charge >= 0.3 is 0 Å². The molecular formula is C14H13BrN2O2. The van der Waals surface area contributed by atoms with Gasteiger partial charge in [-0.25, -0.2) is 0 Å². The number of nitrogens with two attached hydrogens (primary N) is 1. The summed E-state index contributed by atoms with van der Waals surface area (Å²) in [5.74, 6) is 1.22. The Morgan fingerprint density at radius 3 is 2.53 bits per heavy atom. The highest BCUT2D eigenvalue weighted by molar-refractivity contribution is 9.10. The quantitative estimate of drug-likeness (QED) is 0.392. The van der Waals surface area contributed by atoms with Crippen molar-refractivity contribution < 1.29 is 9.94 Å². The van der Waals surface area contributed by atoms with Gasteiger partial charge in [0.2, 0.25) is 0 Å². The lowest BCUT2D eigenvalue weighted by Gasteiger charge is -2.11. The first-order valence-electron chi connectivity index (χ1n) is 5.62. The highest BCUT2D eigenvalue weighted by atomic mass is 79.9. The molecule has 0 radical (unpaired) electrons. The van der Waals surface area contributed by atoms with Gasteiger partial charge < -0.3 is 15.7 Å². The topological polar surface area (TPSA) is 67.8 Å². The van der Waals surface area contributed by atoms with E-state index in [4.69, 9.17) is 15.7 Å². The summed E-state index contributed by atoms with van der Waals surface area (Å²) in [6, 6.07) is 12.9. The number of halogens is 1. The van der Waals surface area contributed by atoms with Gasteiger partial charge in [0.05, 0.1) is 5.56 Å². The van der Waals surface area contributed by atoms with E-state index in [0.717, 1.165) is 10.0 Å². The fourth-order valence-electron chi connectivity index (χ4n) is 1.58. The minimum absolute atomic E-state index is 0.00890. The summed E-state index contributed by atoms with van der Waals surface area (Å²) in [5.41, 5.74) is 7.31. The van der Waals surface area contributed by atoms with E-state index < -0.39 is 0 Å². The average molecular weight is 321 g/mol. The standard InChI is InChI=1S/C14H13BrN2O2/c1-9-2-5-11(6-3-9)19-13-8-10(15)4-7-12(13)14(16)17-18/h2-8,18H,1H3,(H2,16,17). The molecule has 0 saturated carbocycles. The van der Waals surface area contributed by atoms with Crippen molar-refractivity contribution in [3.63, 3.8) is 0 Å². The number of benzene rings is 2. The molecule has 0 aliphatic rings. The fourth-order valence-corrected chi connectivity index (χ4v) is 1.92. The van der Waals surface area contributed by atoms with Crippen LogP contribution < -0.4 is 10.5 Å². The largest absolute Gasteiger partial charge is 0.457 e. The first-order valence-corrected chi connectivity index (χ1v) is 6.41. The summed E-state index contributed by atoms with van der Waals surface area (Å²) < 4.78 is 6.62. The molecule has 2 aromatic carbocycles. The van der Waals surface area contributed by atoms with Crippen molar-refractivity contribution in [1.29, 1.82) is 0 Å². The first kappa shape index (κ1) is 13.4. The molecule has 0 heterocycles. The van der Waals surface area contributed by atoms with Gasteiger partial charge in [-0.3, -0.25) is 0 Å². The second kappa shape index (κ2) is 5.75. The summed E-state index contributed by atoms with van der Waals surface area (Å²) in [6.45, 7) is 2.00. The Kier molecular flexibility index (Phi) is 4.06. The molecule has 4 nitrogen and oxygen atoms in total. The number of hydrogen-bond acceptors (Lipinski definition) is 3. The third-order valence-corrected chi connectivity index (χ3v) is 3.07. The van der Waals surface area contributed by atoms with Gasteiger partial charge in [-0.05, 0) is 37.3 Å². The number of aryl methyl sites for hydroxylation is 1. The van der Waals surface area contributed by atoms with Crippen LogP contribution in [-0.4, -0.2) is 11.0 Å². The van der Waals surface area contributed by atoms with E-state index in [9.17, 15) is 0 Å². The van der Waals surface area contributed by atoms with Crippen LogP contribution in [0, 0.1) is 6.92 Å². The molecule has 0 aliphatic carbocycles. The highest BCUT2D eigenvalue weighted by Crippen LogP contribution is 2.28. The van der Waals surface area contributed by atoms with Gasteiger partial charge in [-0.1, -0.05) is 38.8 Å². The minimum Gasteiger partial charge on any atom is -0.457 e. The van der Waals surface area contributed by atoms with E-state index in [1.807, 2.05) is 31.2 Å². The van der Waals surface area contributed by atoms with Crippen molar-refractivity contribution in [3.05, 3.63) is 58.1 Å². The van der Waals surface area contributed by atoms with Crippen LogP contribution in [0.3, 0.4) is 0 Å². The van der Waals surface area contributed by atoms with E-state index in [2.05, 4.69) is 21.1 Å². The molecule has 3 N–H and O–H groups in total. The molecule has 0 atom stereocenters. The van der Waals surface area contributed by atoms with Crippen LogP contribution in [0.4, 0.5) is 0 Å². The van der Waals surface area contributed by atoms with Crippen molar-refractivity contribution in [2.75, 3.05) is 0 Å². The lowest BCUT2D eigenvalue weighted by molar-refractivity contribution is 0.318. The van der Waals surface area contributed by atoms with E-state index in [0.29, 0.717) is 17.1 Å². The van der Waals surface area contributed by atoms with Gasteiger partial charge in [0.25, 0.3) is 0 Å². The molecule has 2 rings (SSSR count). The predicted molar refractivity (Wildman–Crippen MR) is 77.9 cm³/mol. The normalized spacial score (nSPS) is 11.4. The third-order valence-electron chi connectivity index (χ3n) is 2.58. The minimum atomic E-state index is 0.00890. The summed E-state index contributed by atoms with van der Waals surface area (Å²) in [4.78, 5) is 0. The average Bonchev–Trinajstić information content (AvgIpc) is 2.41. The molecule has 0 spiro atoms. The van der Waals surface area contributed by atoms with Crippen LogP contribution in [0.1, 0.15) is 11.1 Å². The van der Waals surface area contributed by atoms with Gasteiger partial charge in [-0.15, -0.1) is 0 Å². The molecule has 0 aromatic heterocycles. The van der Waals surface area contributed by atoms with Crippen LogP contribution in [0.2, 0.25) is 0 Å². The molecule has 0 saturated heterocycles. The molecular weight excluding hydrogens is 308 g/mol. The molecule has 0 amide bonds. The summed E-state index contributed by atoms with van der Waals surface area (Å²) in [7, 11) is 0. The Labute approximate surface area is 119 Å². The number of amidine groups is 1. The lowest BCUT2D eigenvalue weighted by atomic mass is 10.2. The number of rotatable bonds is 3. The Morgan fingerprint density at radius 1 is 1.21 bits per heavy atom. The maximum Gasteiger partial charge on any atom is 0.173 e. The molecule has 0 unspecified atom stereocenters. The van der Waals surface area contributed by atoms with E-state index in [1.54, 1.807) is 18.2 Å². The Balaban J connectivity index is 2.38. The van der Waals surface area contributed by atoms with Gasteiger partial charge in [-0.2, -0.15) is 0 Å². The molecule has 98 valence electrons. The number of nitrogens with zero attached hydrogens (tertiary/aromatic N) is 1. The smallest absolute Gasteiger partial charge is 0.173 e. The zero-order valence-electron chi connectivity index (χ0n) is 10.3. The first-order chi connectivity index (χ1) is 9.10. The Morgan fingerprint density at radius 2 is 1.89 bits per heavy atom. The SMILES string of the molecule is Cc1ccc(Oc2cc(Br)ccc2/C(N)=N/O)cc1. The lowest BCUT2D eigenvalue weighted by Crippen LogP contribution is -2.14. The number of oxime groups is 1. The van der Waals surface area contributed by atoms with Crippen molar-refractivity contribution in [2.24, 2.45) is 10.9 Å². The van der Waals surface area contributed by atoms with Crippen molar-refractivity contribution in [2.45, 2.75) is 6.92 Å². The zero-order chi connectivity index (χ0) is 13.8. The summed E-state index contributed by atoms with van der Waals surface area (Å²) >= 11 is 3.37. The highest BCUT2D eigenvalue weighted by Gasteiger charge is 2.10. The monoisotopic (exact) mass is 320 g/mol. The number of hydrogen-bond donors (Lipinski definition) is 2. The van der Waals surface area contributed by atoms with Crippen LogP contribution in [-0.2, 0) is 0 Å². The Hall–Kier alpha value is -2.01. The van der Waals surface area contributed by atoms with Crippen LogP contribution >= 0.6 is 15.9 Å². The fraction of sp³-hybridized carbons (Fsp3) is 0.0714. The molecule has 0 fully saturated rings. The molecule has 0 aliphatic heterocycles.